The van der Waals surface area contributed by atoms with E-state index in [0.29, 0.717) is 12.1 Å². The summed E-state index contributed by atoms with van der Waals surface area (Å²) >= 11 is 3.32. The SMILES string of the molecule is CNCC(C)(NC(=O)OC(C)(C)C)c1cc(Br)ccc1F. The molecule has 118 valence electrons. The average Bonchev–Trinajstić information content (AvgIpc) is 2.29. The summed E-state index contributed by atoms with van der Waals surface area (Å²) in [6.45, 7) is 7.45. The van der Waals surface area contributed by atoms with Crippen LogP contribution in [0.5, 0.6) is 0 Å². The molecule has 21 heavy (non-hydrogen) atoms. The zero-order valence-electron chi connectivity index (χ0n) is 13.0. The molecule has 1 unspecified atom stereocenters. The average molecular weight is 361 g/mol. The normalized spacial score (nSPS) is 14.4. The maximum absolute atomic E-state index is 14.1. The smallest absolute Gasteiger partial charge is 0.408 e. The highest BCUT2D eigenvalue weighted by Crippen LogP contribution is 2.27. The van der Waals surface area contributed by atoms with Crippen molar-refractivity contribution in [3.63, 3.8) is 0 Å². The minimum absolute atomic E-state index is 0.361. The number of halogens is 2. The van der Waals surface area contributed by atoms with Gasteiger partial charge in [0.25, 0.3) is 0 Å². The molecule has 0 bridgehead atoms. The van der Waals surface area contributed by atoms with Crippen molar-refractivity contribution in [3.05, 3.63) is 34.1 Å². The third kappa shape index (κ3) is 5.28. The molecule has 1 rings (SSSR count). The Labute approximate surface area is 133 Å². The van der Waals surface area contributed by atoms with Crippen LogP contribution in [0.15, 0.2) is 22.7 Å². The lowest BCUT2D eigenvalue weighted by molar-refractivity contribution is 0.0460. The number of benzene rings is 1. The van der Waals surface area contributed by atoms with E-state index in [1.54, 1.807) is 46.9 Å². The van der Waals surface area contributed by atoms with Crippen molar-refractivity contribution in [2.45, 2.75) is 38.8 Å². The Kier molecular flexibility index (Phi) is 5.75. The summed E-state index contributed by atoms with van der Waals surface area (Å²) in [5, 5.41) is 5.72. The van der Waals surface area contributed by atoms with Crippen LogP contribution in [0, 0.1) is 5.82 Å². The van der Waals surface area contributed by atoms with Crippen molar-refractivity contribution in [1.82, 2.24) is 10.6 Å². The van der Waals surface area contributed by atoms with Crippen molar-refractivity contribution >= 4 is 22.0 Å². The first-order valence-corrected chi connectivity index (χ1v) is 7.48. The molecule has 0 aromatic heterocycles. The monoisotopic (exact) mass is 360 g/mol. The molecule has 0 aliphatic rings. The number of rotatable bonds is 4. The van der Waals surface area contributed by atoms with Crippen LogP contribution < -0.4 is 10.6 Å². The maximum Gasteiger partial charge on any atom is 0.408 e. The molecule has 2 N–H and O–H groups in total. The van der Waals surface area contributed by atoms with Gasteiger partial charge in [0, 0.05) is 16.6 Å². The minimum atomic E-state index is -0.926. The third-order valence-corrected chi connectivity index (χ3v) is 3.32. The number of hydrogen-bond acceptors (Lipinski definition) is 3. The first-order chi connectivity index (χ1) is 9.57. The van der Waals surface area contributed by atoms with Crippen LogP contribution >= 0.6 is 15.9 Å². The molecule has 1 amide bonds. The fourth-order valence-electron chi connectivity index (χ4n) is 2.01. The van der Waals surface area contributed by atoms with Gasteiger partial charge in [-0.1, -0.05) is 15.9 Å². The second-order valence-electron chi connectivity index (χ2n) is 6.11. The second-order valence-corrected chi connectivity index (χ2v) is 7.03. The predicted molar refractivity (Wildman–Crippen MR) is 84.7 cm³/mol. The zero-order valence-corrected chi connectivity index (χ0v) is 14.6. The minimum Gasteiger partial charge on any atom is -0.444 e. The van der Waals surface area contributed by atoms with Gasteiger partial charge in [-0.15, -0.1) is 0 Å². The van der Waals surface area contributed by atoms with Crippen molar-refractivity contribution in [3.8, 4) is 0 Å². The molecule has 0 aliphatic heterocycles. The molecule has 0 fully saturated rings. The zero-order chi connectivity index (χ0) is 16.3. The van der Waals surface area contributed by atoms with Crippen molar-refractivity contribution in [2.24, 2.45) is 0 Å². The molecule has 1 atom stereocenters. The first-order valence-electron chi connectivity index (χ1n) is 6.69. The number of alkyl carbamates (subject to hydrolysis) is 1. The van der Waals surface area contributed by atoms with E-state index in [0.717, 1.165) is 4.47 Å². The highest BCUT2D eigenvalue weighted by Gasteiger charge is 2.32. The molecule has 0 aliphatic carbocycles. The van der Waals surface area contributed by atoms with Gasteiger partial charge in [0.15, 0.2) is 0 Å². The molecule has 1 aromatic carbocycles. The highest BCUT2D eigenvalue weighted by molar-refractivity contribution is 9.10. The van der Waals surface area contributed by atoms with Crippen molar-refractivity contribution in [1.29, 1.82) is 0 Å². The highest BCUT2D eigenvalue weighted by atomic mass is 79.9. The Hall–Kier alpha value is -1.14. The van der Waals surface area contributed by atoms with E-state index in [4.69, 9.17) is 4.74 Å². The molecular weight excluding hydrogens is 339 g/mol. The Morgan fingerprint density at radius 3 is 2.48 bits per heavy atom. The topological polar surface area (TPSA) is 50.4 Å². The lowest BCUT2D eigenvalue weighted by Crippen LogP contribution is -2.51. The standard InChI is InChI=1S/C15H22BrFN2O2/c1-14(2,3)21-13(20)19-15(4,9-18-5)11-8-10(16)6-7-12(11)17/h6-8,18H,9H2,1-5H3,(H,19,20). The molecule has 0 saturated carbocycles. The van der Waals surface area contributed by atoms with Gasteiger partial charge in [0.1, 0.15) is 11.4 Å². The molecule has 0 radical (unpaired) electrons. The number of likely N-dealkylation sites (N-methyl/N-ethyl adjacent to an activating group) is 1. The number of nitrogens with one attached hydrogen (secondary N) is 2. The Morgan fingerprint density at radius 2 is 1.95 bits per heavy atom. The van der Waals surface area contributed by atoms with Crippen molar-refractivity contribution < 1.29 is 13.9 Å². The van der Waals surface area contributed by atoms with E-state index in [2.05, 4.69) is 26.6 Å². The molecule has 0 saturated heterocycles. The molecule has 1 aromatic rings. The van der Waals surface area contributed by atoms with E-state index in [1.165, 1.54) is 6.07 Å². The molecule has 6 heteroatoms. The Bertz CT molecular complexity index is 517. The van der Waals surface area contributed by atoms with Crippen LogP contribution in [-0.2, 0) is 10.3 Å². The van der Waals surface area contributed by atoms with Crippen LogP contribution in [0.3, 0.4) is 0 Å². The van der Waals surface area contributed by atoms with Gasteiger partial charge < -0.3 is 15.4 Å². The van der Waals surface area contributed by atoms with E-state index in [9.17, 15) is 9.18 Å². The number of carbonyl (C=O) groups is 1. The Balaban J connectivity index is 3.08. The summed E-state index contributed by atoms with van der Waals surface area (Å²) in [6, 6.07) is 4.64. The molecule has 4 nitrogen and oxygen atoms in total. The fourth-order valence-corrected chi connectivity index (χ4v) is 2.37. The largest absolute Gasteiger partial charge is 0.444 e. The van der Waals surface area contributed by atoms with E-state index in [-0.39, 0.29) is 5.82 Å². The van der Waals surface area contributed by atoms with Crippen LogP contribution in [0.1, 0.15) is 33.3 Å². The number of amides is 1. The van der Waals surface area contributed by atoms with Gasteiger partial charge in [-0.2, -0.15) is 0 Å². The van der Waals surface area contributed by atoms with Gasteiger partial charge in [-0.05, 0) is 52.9 Å². The summed E-state index contributed by atoms with van der Waals surface area (Å²) in [5.74, 6) is -0.382. The van der Waals surface area contributed by atoms with Gasteiger partial charge in [-0.25, -0.2) is 9.18 Å². The quantitative estimate of drug-likeness (QED) is 0.863. The molecule has 0 spiro atoms. The lowest BCUT2D eigenvalue weighted by Gasteiger charge is -2.32. The summed E-state index contributed by atoms with van der Waals surface area (Å²) in [6.07, 6.45) is -0.584. The summed E-state index contributed by atoms with van der Waals surface area (Å²) in [4.78, 5) is 12.0. The number of carbonyl (C=O) groups excluding carboxylic acids is 1. The van der Waals surface area contributed by atoms with Crippen LogP contribution in [0.2, 0.25) is 0 Å². The van der Waals surface area contributed by atoms with E-state index < -0.39 is 17.2 Å². The third-order valence-electron chi connectivity index (χ3n) is 2.83. The maximum atomic E-state index is 14.1. The summed E-state index contributed by atoms with van der Waals surface area (Å²) in [7, 11) is 1.74. The second kappa shape index (κ2) is 6.75. The Morgan fingerprint density at radius 1 is 1.33 bits per heavy atom. The molecular formula is C15H22BrFN2O2. The predicted octanol–water partition coefficient (Wildman–Crippen LogP) is 3.55. The van der Waals surface area contributed by atoms with E-state index in [1.807, 2.05) is 0 Å². The first kappa shape index (κ1) is 17.9. The van der Waals surface area contributed by atoms with Crippen LogP contribution in [0.25, 0.3) is 0 Å². The lowest BCUT2D eigenvalue weighted by atomic mass is 9.91. The van der Waals surface area contributed by atoms with Gasteiger partial charge >= 0.3 is 6.09 Å². The fraction of sp³-hybridized carbons (Fsp3) is 0.533. The summed E-state index contributed by atoms with van der Waals surface area (Å²) in [5.41, 5.74) is -1.15. The van der Waals surface area contributed by atoms with E-state index >= 15 is 0 Å². The number of hydrogen-bond donors (Lipinski definition) is 2. The van der Waals surface area contributed by atoms with Gasteiger partial charge in [0.05, 0.1) is 5.54 Å². The summed E-state index contributed by atoms with van der Waals surface area (Å²) < 4.78 is 20.1. The van der Waals surface area contributed by atoms with Gasteiger partial charge in [0.2, 0.25) is 0 Å². The van der Waals surface area contributed by atoms with Crippen LogP contribution in [0.4, 0.5) is 9.18 Å². The van der Waals surface area contributed by atoms with Gasteiger partial charge in [-0.3, -0.25) is 0 Å². The molecule has 0 heterocycles. The van der Waals surface area contributed by atoms with Crippen molar-refractivity contribution in [2.75, 3.05) is 13.6 Å². The van der Waals surface area contributed by atoms with Crippen LogP contribution in [-0.4, -0.2) is 25.3 Å². The number of ether oxygens (including phenoxy) is 1.